The van der Waals surface area contributed by atoms with Gasteiger partial charge in [-0.3, -0.25) is 0 Å². The first-order valence-corrected chi connectivity index (χ1v) is 6.72. The molecule has 0 N–H and O–H groups in total. The van der Waals surface area contributed by atoms with Crippen molar-refractivity contribution in [2.75, 3.05) is 7.11 Å². The molecule has 1 unspecified atom stereocenters. The molecule has 2 nitrogen and oxygen atoms in total. The number of carbonyl (C=O) groups excluding carboxylic acids is 1. The summed E-state index contributed by atoms with van der Waals surface area (Å²) in [5, 5.41) is 2.25. The molecule has 1 atom stereocenters. The third-order valence-electron chi connectivity index (χ3n) is 2.63. The number of ether oxygens (including phenoxy) is 1. The molecule has 92 valence electrons. The summed E-state index contributed by atoms with van der Waals surface area (Å²) in [6.07, 6.45) is 0. The van der Waals surface area contributed by atoms with Gasteiger partial charge < -0.3 is 4.74 Å². The molecule has 0 amide bonds. The average Bonchev–Trinajstić information content (AvgIpc) is 2.39. The standard InChI is InChI=1S/C15H15O2P/c1-11-8-9-13(15(16)17-2)14(10-11)18-12-6-4-3-5-7-12/h3-10,18H,1-2H3. The van der Waals surface area contributed by atoms with Crippen molar-refractivity contribution in [2.45, 2.75) is 6.92 Å². The van der Waals surface area contributed by atoms with Crippen LogP contribution < -0.4 is 10.6 Å². The molecule has 2 rings (SSSR count). The fourth-order valence-electron chi connectivity index (χ4n) is 1.73. The summed E-state index contributed by atoms with van der Waals surface area (Å²) >= 11 is 0. The molecular formula is C15H15O2P. The van der Waals surface area contributed by atoms with Crippen molar-refractivity contribution in [2.24, 2.45) is 0 Å². The van der Waals surface area contributed by atoms with Crippen LogP contribution >= 0.6 is 8.58 Å². The number of esters is 1. The van der Waals surface area contributed by atoms with Crippen molar-refractivity contribution in [3.8, 4) is 0 Å². The minimum absolute atomic E-state index is 0.270. The predicted molar refractivity (Wildman–Crippen MR) is 76.5 cm³/mol. The summed E-state index contributed by atoms with van der Waals surface area (Å²) < 4.78 is 4.82. The Kier molecular flexibility index (Phi) is 4.11. The molecule has 3 heteroatoms. The van der Waals surface area contributed by atoms with Crippen LogP contribution in [-0.4, -0.2) is 13.1 Å². The van der Waals surface area contributed by atoms with E-state index in [2.05, 4.69) is 18.2 Å². The fraction of sp³-hybridized carbons (Fsp3) is 0.133. The number of hydrogen-bond acceptors (Lipinski definition) is 2. The Morgan fingerprint density at radius 3 is 2.50 bits per heavy atom. The number of benzene rings is 2. The average molecular weight is 258 g/mol. The van der Waals surface area contributed by atoms with E-state index in [9.17, 15) is 4.79 Å². The number of hydrogen-bond donors (Lipinski definition) is 0. The molecule has 0 heterocycles. The summed E-state index contributed by atoms with van der Waals surface area (Å²) in [6, 6.07) is 16.0. The van der Waals surface area contributed by atoms with E-state index in [1.165, 1.54) is 12.4 Å². The highest BCUT2D eigenvalue weighted by molar-refractivity contribution is 7.55. The van der Waals surface area contributed by atoms with Crippen molar-refractivity contribution >= 4 is 25.2 Å². The van der Waals surface area contributed by atoms with Gasteiger partial charge in [0.25, 0.3) is 0 Å². The highest BCUT2D eigenvalue weighted by atomic mass is 31.1. The Morgan fingerprint density at radius 1 is 1.11 bits per heavy atom. The van der Waals surface area contributed by atoms with Crippen LogP contribution in [0.1, 0.15) is 15.9 Å². The molecule has 0 spiro atoms. The van der Waals surface area contributed by atoms with Crippen LogP contribution in [0, 0.1) is 6.92 Å². The molecule has 0 fully saturated rings. The van der Waals surface area contributed by atoms with Crippen LogP contribution in [-0.2, 0) is 4.74 Å². The van der Waals surface area contributed by atoms with Gasteiger partial charge in [-0.15, -0.1) is 0 Å². The quantitative estimate of drug-likeness (QED) is 0.624. The number of aryl methyl sites for hydroxylation is 1. The zero-order valence-electron chi connectivity index (χ0n) is 10.4. The van der Waals surface area contributed by atoms with E-state index in [1.54, 1.807) is 0 Å². The highest BCUT2D eigenvalue weighted by Gasteiger charge is 2.12. The summed E-state index contributed by atoms with van der Waals surface area (Å²) in [4.78, 5) is 11.7. The van der Waals surface area contributed by atoms with E-state index >= 15 is 0 Å². The van der Waals surface area contributed by atoms with E-state index < -0.39 is 0 Å². The molecule has 0 aliphatic heterocycles. The van der Waals surface area contributed by atoms with Crippen molar-refractivity contribution in [1.82, 2.24) is 0 Å². The van der Waals surface area contributed by atoms with Gasteiger partial charge in [0.05, 0.1) is 12.7 Å². The van der Waals surface area contributed by atoms with Gasteiger partial charge in [0.1, 0.15) is 0 Å². The minimum atomic E-state index is -0.270. The Labute approximate surface area is 109 Å². The van der Waals surface area contributed by atoms with Gasteiger partial charge in [-0.25, -0.2) is 4.79 Å². The Hall–Kier alpha value is -1.66. The van der Waals surface area contributed by atoms with Crippen LogP contribution in [0.25, 0.3) is 0 Å². The lowest BCUT2D eigenvalue weighted by molar-refractivity contribution is 0.0602. The molecule has 0 bridgehead atoms. The first kappa shape index (κ1) is 12.8. The summed E-state index contributed by atoms with van der Waals surface area (Å²) in [5.74, 6) is -0.270. The van der Waals surface area contributed by atoms with Crippen molar-refractivity contribution in [3.63, 3.8) is 0 Å². The third-order valence-corrected chi connectivity index (χ3v) is 3.94. The maximum absolute atomic E-state index is 11.7. The maximum atomic E-state index is 11.7. The molecule has 0 aromatic heterocycles. The third kappa shape index (κ3) is 2.96. The Morgan fingerprint density at radius 2 is 1.83 bits per heavy atom. The predicted octanol–water partition coefficient (Wildman–Crippen LogP) is 2.41. The van der Waals surface area contributed by atoms with Crippen LogP contribution in [0.2, 0.25) is 0 Å². The molecule has 2 aromatic carbocycles. The Bertz CT molecular complexity index is 550. The molecule has 0 saturated heterocycles. The SMILES string of the molecule is COC(=O)c1ccc(C)cc1Pc1ccccc1. The number of rotatable bonds is 3. The second-order valence-electron chi connectivity index (χ2n) is 4.03. The van der Waals surface area contributed by atoms with E-state index in [-0.39, 0.29) is 5.97 Å². The van der Waals surface area contributed by atoms with Gasteiger partial charge in [-0.05, 0) is 23.6 Å². The van der Waals surface area contributed by atoms with Gasteiger partial charge in [0, 0.05) is 0 Å². The number of carbonyl (C=O) groups is 1. The zero-order chi connectivity index (χ0) is 13.0. The lowest BCUT2D eigenvalue weighted by Crippen LogP contribution is -2.15. The fourth-order valence-corrected chi connectivity index (χ4v) is 3.02. The molecule has 2 aromatic rings. The van der Waals surface area contributed by atoms with E-state index in [0.29, 0.717) is 14.1 Å². The molecule has 18 heavy (non-hydrogen) atoms. The first-order valence-electron chi connectivity index (χ1n) is 5.72. The normalized spacial score (nSPS) is 10.8. The molecule has 0 saturated carbocycles. The lowest BCUT2D eigenvalue weighted by Gasteiger charge is -2.09. The van der Waals surface area contributed by atoms with Crippen molar-refractivity contribution in [3.05, 3.63) is 59.7 Å². The van der Waals surface area contributed by atoms with Crippen LogP contribution in [0.4, 0.5) is 0 Å². The summed E-state index contributed by atoms with van der Waals surface area (Å²) in [5.41, 5.74) is 1.81. The topological polar surface area (TPSA) is 26.3 Å². The monoisotopic (exact) mass is 258 g/mol. The van der Waals surface area contributed by atoms with E-state index in [4.69, 9.17) is 4.74 Å². The van der Waals surface area contributed by atoms with Crippen LogP contribution in [0.15, 0.2) is 48.5 Å². The van der Waals surface area contributed by atoms with Crippen molar-refractivity contribution in [1.29, 1.82) is 0 Å². The lowest BCUT2D eigenvalue weighted by atomic mass is 10.1. The van der Waals surface area contributed by atoms with Crippen LogP contribution in [0.5, 0.6) is 0 Å². The number of methoxy groups -OCH3 is 1. The second-order valence-corrected chi connectivity index (χ2v) is 5.40. The molecule has 0 aliphatic carbocycles. The highest BCUT2D eigenvalue weighted by Crippen LogP contribution is 2.15. The molecule has 0 radical (unpaired) electrons. The smallest absolute Gasteiger partial charge is 0.338 e. The maximum Gasteiger partial charge on any atom is 0.338 e. The van der Waals surface area contributed by atoms with E-state index in [1.807, 2.05) is 37.3 Å². The van der Waals surface area contributed by atoms with Gasteiger partial charge in [0.2, 0.25) is 0 Å². The van der Waals surface area contributed by atoms with Gasteiger partial charge in [0.15, 0.2) is 0 Å². The summed E-state index contributed by atoms with van der Waals surface area (Å²) in [6.45, 7) is 2.03. The van der Waals surface area contributed by atoms with Crippen molar-refractivity contribution < 1.29 is 9.53 Å². The zero-order valence-corrected chi connectivity index (χ0v) is 11.4. The van der Waals surface area contributed by atoms with Gasteiger partial charge in [-0.1, -0.05) is 56.6 Å². The largest absolute Gasteiger partial charge is 0.465 e. The van der Waals surface area contributed by atoms with E-state index in [0.717, 1.165) is 10.9 Å². The summed E-state index contributed by atoms with van der Waals surface area (Å²) in [7, 11) is 1.88. The van der Waals surface area contributed by atoms with Crippen LogP contribution in [0.3, 0.4) is 0 Å². The second kappa shape index (κ2) is 5.79. The minimum Gasteiger partial charge on any atom is -0.465 e. The first-order chi connectivity index (χ1) is 8.70. The van der Waals surface area contributed by atoms with Gasteiger partial charge in [-0.2, -0.15) is 0 Å². The molecule has 0 aliphatic rings. The Balaban J connectivity index is 2.36. The molecular weight excluding hydrogens is 243 g/mol. The van der Waals surface area contributed by atoms with Gasteiger partial charge >= 0.3 is 5.97 Å².